The van der Waals surface area contributed by atoms with Gasteiger partial charge in [0.2, 0.25) is 5.89 Å². The molecule has 0 N–H and O–H groups in total. The van der Waals surface area contributed by atoms with E-state index in [9.17, 15) is 0 Å². The highest BCUT2D eigenvalue weighted by Gasteiger charge is 2.17. The number of thiophene rings is 1. The van der Waals surface area contributed by atoms with Crippen LogP contribution in [0.3, 0.4) is 0 Å². The number of benzene rings is 8. The first kappa shape index (κ1) is 27.8. The summed E-state index contributed by atoms with van der Waals surface area (Å²) in [5.41, 5.74) is 8.31. The molecule has 3 nitrogen and oxygen atoms in total. The predicted octanol–water partition coefficient (Wildman–Crippen LogP) is 13.3. The monoisotopic (exact) mass is 644 g/mol. The van der Waals surface area contributed by atoms with Crippen molar-refractivity contribution in [3.8, 4) is 22.6 Å². The van der Waals surface area contributed by atoms with E-state index in [-0.39, 0.29) is 0 Å². The van der Waals surface area contributed by atoms with Crippen LogP contribution in [0.1, 0.15) is 0 Å². The molecule has 10 aromatic rings. The highest BCUT2D eigenvalue weighted by molar-refractivity contribution is 7.25. The largest absolute Gasteiger partial charge is 0.436 e. The fourth-order valence-corrected chi connectivity index (χ4v) is 8.18. The third-order valence-corrected chi connectivity index (χ3v) is 10.6. The van der Waals surface area contributed by atoms with E-state index in [2.05, 4.69) is 138 Å². The second-order valence-electron chi connectivity index (χ2n) is 12.4. The van der Waals surface area contributed by atoms with Gasteiger partial charge in [-0.05, 0) is 100 Å². The Balaban J connectivity index is 1.11. The lowest BCUT2D eigenvalue weighted by Gasteiger charge is -2.26. The first-order valence-corrected chi connectivity index (χ1v) is 17.3. The molecule has 2 aromatic heterocycles. The Morgan fingerprint density at radius 1 is 0.449 bits per heavy atom. The highest BCUT2D eigenvalue weighted by atomic mass is 32.1. The molecule has 0 atom stereocenters. The quantitative estimate of drug-likeness (QED) is 0.175. The molecule has 0 unspecified atom stereocenters. The normalized spacial score (nSPS) is 11.7. The second kappa shape index (κ2) is 11.2. The van der Waals surface area contributed by atoms with Gasteiger partial charge in [0, 0.05) is 48.2 Å². The van der Waals surface area contributed by atoms with Crippen molar-refractivity contribution in [2.75, 3.05) is 4.90 Å². The van der Waals surface area contributed by atoms with Gasteiger partial charge in [0.1, 0.15) is 5.52 Å². The van der Waals surface area contributed by atoms with Gasteiger partial charge in [-0.2, -0.15) is 0 Å². The third kappa shape index (κ3) is 4.68. The Bertz CT molecular complexity index is 2820. The van der Waals surface area contributed by atoms with Gasteiger partial charge in [0.15, 0.2) is 5.58 Å². The average Bonchev–Trinajstić information content (AvgIpc) is 3.78. The molecule has 4 heteroatoms. The van der Waals surface area contributed by atoms with Crippen LogP contribution >= 0.6 is 11.3 Å². The van der Waals surface area contributed by atoms with Gasteiger partial charge in [-0.15, -0.1) is 11.3 Å². The van der Waals surface area contributed by atoms with E-state index < -0.39 is 0 Å². The number of nitrogens with zero attached hydrogens (tertiary/aromatic N) is 2. The Morgan fingerprint density at radius 3 is 1.96 bits per heavy atom. The molecule has 0 amide bonds. The van der Waals surface area contributed by atoms with Crippen LogP contribution in [0.4, 0.5) is 17.1 Å². The lowest BCUT2D eigenvalue weighted by atomic mass is 9.99. The van der Waals surface area contributed by atoms with Crippen LogP contribution in [0.2, 0.25) is 0 Å². The number of rotatable bonds is 5. The number of hydrogen-bond acceptors (Lipinski definition) is 4. The average molecular weight is 645 g/mol. The molecule has 0 bridgehead atoms. The first-order chi connectivity index (χ1) is 24.3. The molecular weight excluding hydrogens is 617 g/mol. The topological polar surface area (TPSA) is 29.3 Å². The van der Waals surface area contributed by atoms with Gasteiger partial charge in [0.05, 0.1) is 0 Å². The summed E-state index contributed by atoms with van der Waals surface area (Å²) >= 11 is 1.85. The van der Waals surface area contributed by atoms with Crippen LogP contribution in [0, 0.1) is 0 Å². The molecule has 0 saturated carbocycles. The maximum atomic E-state index is 6.29. The predicted molar refractivity (Wildman–Crippen MR) is 207 cm³/mol. The Hall–Kier alpha value is -6.23. The molecule has 0 aliphatic rings. The van der Waals surface area contributed by atoms with Crippen LogP contribution < -0.4 is 4.90 Å². The summed E-state index contributed by atoms with van der Waals surface area (Å²) in [5, 5.41) is 7.17. The van der Waals surface area contributed by atoms with E-state index in [1.165, 1.54) is 31.3 Å². The van der Waals surface area contributed by atoms with Crippen molar-refractivity contribution in [1.82, 2.24) is 4.98 Å². The standard InChI is InChI=1S/C45H28N2OS/c1-3-9-32(10-4-1)45-46-44-40(48-45)25-20-31-16-15-30-19-24-36(28-38(30)43(31)44)47(34-11-5-2-6-12-34)35-22-17-29(18-23-35)33-21-26-42-39(27-33)37-13-7-8-14-41(37)49-42/h1-28H. The zero-order valence-electron chi connectivity index (χ0n) is 26.4. The lowest BCUT2D eigenvalue weighted by Crippen LogP contribution is -2.09. The molecule has 0 spiro atoms. The summed E-state index contributed by atoms with van der Waals surface area (Å²) in [5.74, 6) is 0.633. The fourth-order valence-electron chi connectivity index (χ4n) is 7.09. The minimum atomic E-state index is 0.633. The summed E-state index contributed by atoms with van der Waals surface area (Å²) < 4.78 is 8.94. The molecule has 0 saturated heterocycles. The maximum Gasteiger partial charge on any atom is 0.227 e. The van der Waals surface area contributed by atoms with Crippen LogP contribution in [-0.4, -0.2) is 4.98 Å². The molecule has 230 valence electrons. The van der Waals surface area contributed by atoms with Crippen molar-refractivity contribution in [1.29, 1.82) is 0 Å². The van der Waals surface area contributed by atoms with Crippen molar-refractivity contribution in [3.63, 3.8) is 0 Å². The number of oxazole rings is 1. The first-order valence-electron chi connectivity index (χ1n) is 16.5. The minimum Gasteiger partial charge on any atom is -0.436 e. The highest BCUT2D eigenvalue weighted by Crippen LogP contribution is 2.41. The molecular formula is C45H28N2OS. The summed E-state index contributed by atoms with van der Waals surface area (Å²) in [6.45, 7) is 0. The van der Waals surface area contributed by atoms with Gasteiger partial charge < -0.3 is 9.32 Å². The molecule has 0 aliphatic heterocycles. The zero-order chi connectivity index (χ0) is 32.3. The SMILES string of the molecule is c1ccc(-c2nc3c(ccc4ccc5ccc(N(c6ccccc6)c6ccc(-c7ccc8sc9ccccc9c8c7)cc6)cc5c43)o2)cc1. The molecule has 0 fully saturated rings. The summed E-state index contributed by atoms with van der Waals surface area (Å²) in [6, 6.07) is 60.4. The molecule has 0 aliphatic carbocycles. The van der Waals surface area contributed by atoms with E-state index in [1.807, 2.05) is 47.7 Å². The Labute approximate surface area is 286 Å². The number of anilines is 3. The number of aromatic nitrogens is 1. The minimum absolute atomic E-state index is 0.633. The van der Waals surface area contributed by atoms with E-state index >= 15 is 0 Å². The summed E-state index contributed by atoms with van der Waals surface area (Å²) in [7, 11) is 0. The van der Waals surface area contributed by atoms with E-state index in [0.29, 0.717) is 5.89 Å². The van der Waals surface area contributed by atoms with Crippen molar-refractivity contribution >= 4 is 81.2 Å². The second-order valence-corrected chi connectivity index (χ2v) is 13.5. The molecule has 49 heavy (non-hydrogen) atoms. The van der Waals surface area contributed by atoms with Gasteiger partial charge in [0.25, 0.3) is 0 Å². The Kier molecular flexibility index (Phi) is 6.36. The van der Waals surface area contributed by atoms with Crippen molar-refractivity contribution < 1.29 is 4.42 Å². The maximum absolute atomic E-state index is 6.29. The molecule has 10 rings (SSSR count). The van der Waals surface area contributed by atoms with Crippen LogP contribution in [-0.2, 0) is 0 Å². The van der Waals surface area contributed by atoms with E-state index in [1.54, 1.807) is 0 Å². The number of fused-ring (bicyclic) bond motifs is 8. The van der Waals surface area contributed by atoms with Crippen LogP contribution in [0.5, 0.6) is 0 Å². The van der Waals surface area contributed by atoms with Gasteiger partial charge >= 0.3 is 0 Å². The molecule has 2 heterocycles. The van der Waals surface area contributed by atoms with Gasteiger partial charge in [-0.1, -0.05) is 97.1 Å². The van der Waals surface area contributed by atoms with Crippen molar-refractivity contribution in [2.45, 2.75) is 0 Å². The van der Waals surface area contributed by atoms with Gasteiger partial charge in [-0.3, -0.25) is 0 Å². The number of para-hydroxylation sites is 1. The van der Waals surface area contributed by atoms with E-state index in [0.717, 1.165) is 55.3 Å². The lowest BCUT2D eigenvalue weighted by molar-refractivity contribution is 0.620. The summed E-state index contributed by atoms with van der Waals surface area (Å²) in [6.07, 6.45) is 0. The number of hydrogen-bond donors (Lipinski definition) is 0. The van der Waals surface area contributed by atoms with Crippen LogP contribution in [0.25, 0.3) is 75.4 Å². The third-order valence-electron chi connectivity index (χ3n) is 9.47. The van der Waals surface area contributed by atoms with Crippen molar-refractivity contribution in [3.05, 3.63) is 170 Å². The zero-order valence-corrected chi connectivity index (χ0v) is 27.2. The van der Waals surface area contributed by atoms with Crippen LogP contribution in [0.15, 0.2) is 174 Å². The fraction of sp³-hybridized carbons (Fsp3) is 0. The molecule has 0 radical (unpaired) electrons. The molecule has 8 aromatic carbocycles. The van der Waals surface area contributed by atoms with Crippen molar-refractivity contribution in [2.24, 2.45) is 0 Å². The smallest absolute Gasteiger partial charge is 0.227 e. The summed E-state index contributed by atoms with van der Waals surface area (Å²) in [4.78, 5) is 7.37. The van der Waals surface area contributed by atoms with E-state index in [4.69, 9.17) is 9.40 Å². The Morgan fingerprint density at radius 2 is 1.10 bits per heavy atom. The van der Waals surface area contributed by atoms with Gasteiger partial charge in [-0.25, -0.2) is 4.98 Å².